The van der Waals surface area contributed by atoms with E-state index in [0.29, 0.717) is 5.82 Å². The first-order chi connectivity index (χ1) is 9.08. The predicted molar refractivity (Wildman–Crippen MR) is 77.5 cm³/mol. The van der Waals surface area contributed by atoms with Crippen molar-refractivity contribution >= 4 is 34.7 Å². The molecule has 2 rings (SSSR count). The predicted octanol–water partition coefficient (Wildman–Crippen LogP) is 3.17. The number of nitrogens with zero attached hydrogens (tertiary/aromatic N) is 2. The van der Waals surface area contributed by atoms with Gasteiger partial charge < -0.3 is 10.0 Å². The molecule has 2 heterocycles. The summed E-state index contributed by atoms with van der Waals surface area (Å²) in [6.45, 7) is 0.772. The summed E-state index contributed by atoms with van der Waals surface area (Å²) in [5, 5.41) is 11.2. The molecule has 0 bridgehead atoms. The van der Waals surface area contributed by atoms with Gasteiger partial charge in [0.25, 0.3) is 0 Å². The van der Waals surface area contributed by atoms with Crippen molar-refractivity contribution in [2.75, 3.05) is 18.5 Å². The van der Waals surface area contributed by atoms with Crippen LogP contribution < -0.4 is 4.90 Å². The highest BCUT2D eigenvalue weighted by Crippen LogP contribution is 2.20. The highest BCUT2D eigenvalue weighted by molar-refractivity contribution is 7.09. The molecule has 0 fully saturated rings. The van der Waals surface area contributed by atoms with E-state index in [9.17, 15) is 4.79 Å². The van der Waals surface area contributed by atoms with Crippen LogP contribution in [0.2, 0.25) is 5.02 Å². The number of aromatic nitrogens is 1. The zero-order chi connectivity index (χ0) is 13.8. The third-order valence-corrected chi connectivity index (χ3v) is 3.97. The topological polar surface area (TPSA) is 53.4 Å². The number of hydrogen-bond donors (Lipinski definition) is 1. The van der Waals surface area contributed by atoms with Crippen LogP contribution in [0.3, 0.4) is 0 Å². The number of thiophene rings is 1. The summed E-state index contributed by atoms with van der Waals surface area (Å²) in [4.78, 5) is 18.4. The summed E-state index contributed by atoms with van der Waals surface area (Å²) in [6.07, 6.45) is 2.28. The Labute approximate surface area is 120 Å². The van der Waals surface area contributed by atoms with E-state index in [1.54, 1.807) is 11.3 Å². The third kappa shape index (κ3) is 3.45. The van der Waals surface area contributed by atoms with Crippen LogP contribution in [0.15, 0.2) is 29.8 Å². The van der Waals surface area contributed by atoms with Crippen LogP contribution >= 0.6 is 22.9 Å². The largest absolute Gasteiger partial charge is 0.478 e. The van der Waals surface area contributed by atoms with Crippen LogP contribution in [0.1, 0.15) is 15.2 Å². The highest BCUT2D eigenvalue weighted by Gasteiger charge is 2.12. The lowest BCUT2D eigenvalue weighted by molar-refractivity contribution is 0.0697. The Kier molecular flexibility index (Phi) is 4.39. The lowest BCUT2D eigenvalue weighted by Crippen LogP contribution is -2.21. The van der Waals surface area contributed by atoms with Crippen LogP contribution in [-0.4, -0.2) is 29.7 Å². The van der Waals surface area contributed by atoms with Gasteiger partial charge in [-0.2, -0.15) is 0 Å². The van der Waals surface area contributed by atoms with Crippen molar-refractivity contribution in [1.29, 1.82) is 0 Å². The second-order valence-electron chi connectivity index (χ2n) is 4.08. The fraction of sp³-hybridized carbons (Fsp3) is 0.231. The number of carbonyl (C=O) groups is 1. The summed E-state index contributed by atoms with van der Waals surface area (Å²) in [6, 6.07) is 5.60. The Bertz CT molecular complexity index is 572. The number of hydrogen-bond acceptors (Lipinski definition) is 4. The van der Waals surface area contributed by atoms with Gasteiger partial charge in [0.2, 0.25) is 0 Å². The molecule has 0 saturated carbocycles. The summed E-state index contributed by atoms with van der Waals surface area (Å²) in [7, 11) is 1.88. The first-order valence-electron chi connectivity index (χ1n) is 5.70. The van der Waals surface area contributed by atoms with Gasteiger partial charge in [0.1, 0.15) is 5.82 Å². The number of likely N-dealkylation sites (N-methyl/N-ethyl adjacent to an activating group) is 1. The Hall–Kier alpha value is -1.59. The molecule has 100 valence electrons. The van der Waals surface area contributed by atoms with Crippen molar-refractivity contribution in [3.8, 4) is 0 Å². The summed E-state index contributed by atoms with van der Waals surface area (Å²) in [5.74, 6) is -0.432. The van der Waals surface area contributed by atoms with E-state index < -0.39 is 5.97 Å². The van der Waals surface area contributed by atoms with E-state index in [1.165, 1.54) is 17.1 Å². The Morgan fingerprint density at radius 3 is 3.00 bits per heavy atom. The molecule has 0 unspecified atom stereocenters. The van der Waals surface area contributed by atoms with Gasteiger partial charge in [-0.1, -0.05) is 17.7 Å². The maximum absolute atomic E-state index is 11.0. The molecule has 0 aliphatic heterocycles. The number of halogens is 1. The standard InChI is InChI=1S/C13H13ClN2O2S/c1-16(5-4-9-3-2-6-19-9)12-7-10(13(17)18)11(14)8-15-12/h2-3,6-8H,4-5H2,1H3,(H,17,18). The molecule has 0 aromatic carbocycles. The Balaban J connectivity index is 2.08. The van der Waals surface area contributed by atoms with Gasteiger partial charge in [-0.05, 0) is 23.9 Å². The maximum Gasteiger partial charge on any atom is 0.337 e. The molecular weight excluding hydrogens is 284 g/mol. The SMILES string of the molecule is CN(CCc1cccs1)c1cc(C(=O)O)c(Cl)cn1. The molecule has 0 aliphatic carbocycles. The van der Waals surface area contributed by atoms with Gasteiger partial charge in [-0.15, -0.1) is 11.3 Å². The number of rotatable bonds is 5. The molecule has 19 heavy (non-hydrogen) atoms. The van der Waals surface area contributed by atoms with Gasteiger partial charge in [-0.25, -0.2) is 9.78 Å². The quantitative estimate of drug-likeness (QED) is 0.921. The molecule has 0 saturated heterocycles. The molecule has 2 aromatic rings. The van der Waals surface area contributed by atoms with Gasteiger partial charge in [0.05, 0.1) is 10.6 Å². The smallest absolute Gasteiger partial charge is 0.337 e. The zero-order valence-electron chi connectivity index (χ0n) is 10.3. The summed E-state index contributed by atoms with van der Waals surface area (Å²) >= 11 is 7.50. The average molecular weight is 297 g/mol. The second kappa shape index (κ2) is 6.04. The van der Waals surface area contributed by atoms with E-state index in [0.717, 1.165) is 13.0 Å². The van der Waals surface area contributed by atoms with E-state index in [2.05, 4.69) is 11.1 Å². The minimum atomic E-state index is -1.04. The fourth-order valence-electron chi connectivity index (χ4n) is 1.65. The van der Waals surface area contributed by atoms with Crippen LogP contribution in [0, 0.1) is 0 Å². The van der Waals surface area contributed by atoms with Gasteiger partial charge in [0, 0.05) is 24.7 Å². The van der Waals surface area contributed by atoms with Crippen LogP contribution in [0.4, 0.5) is 5.82 Å². The molecule has 2 aromatic heterocycles. The second-order valence-corrected chi connectivity index (χ2v) is 5.52. The minimum Gasteiger partial charge on any atom is -0.478 e. The highest BCUT2D eigenvalue weighted by atomic mass is 35.5. The monoisotopic (exact) mass is 296 g/mol. The van der Waals surface area contributed by atoms with Crippen LogP contribution in [0.5, 0.6) is 0 Å². The third-order valence-electron chi connectivity index (χ3n) is 2.74. The van der Waals surface area contributed by atoms with Crippen molar-refractivity contribution in [3.63, 3.8) is 0 Å². The maximum atomic E-state index is 11.0. The summed E-state index contributed by atoms with van der Waals surface area (Å²) in [5.41, 5.74) is 0.0784. The lowest BCUT2D eigenvalue weighted by atomic mass is 10.2. The molecule has 0 aliphatic rings. The van der Waals surface area contributed by atoms with E-state index in [4.69, 9.17) is 16.7 Å². The first kappa shape index (κ1) is 13.8. The Morgan fingerprint density at radius 1 is 1.58 bits per heavy atom. The number of pyridine rings is 1. The van der Waals surface area contributed by atoms with Crippen molar-refractivity contribution < 1.29 is 9.90 Å². The van der Waals surface area contributed by atoms with Crippen LogP contribution in [-0.2, 0) is 6.42 Å². The van der Waals surface area contributed by atoms with Gasteiger partial charge in [-0.3, -0.25) is 0 Å². The zero-order valence-corrected chi connectivity index (χ0v) is 11.9. The van der Waals surface area contributed by atoms with Crippen molar-refractivity contribution in [2.45, 2.75) is 6.42 Å². The van der Waals surface area contributed by atoms with Gasteiger partial charge in [0.15, 0.2) is 0 Å². The lowest BCUT2D eigenvalue weighted by Gasteiger charge is -2.18. The van der Waals surface area contributed by atoms with Gasteiger partial charge >= 0.3 is 5.97 Å². The van der Waals surface area contributed by atoms with E-state index in [1.807, 2.05) is 23.4 Å². The molecule has 0 radical (unpaired) electrons. The number of carboxylic acids is 1. The number of aromatic carboxylic acids is 1. The fourth-order valence-corrected chi connectivity index (χ4v) is 2.53. The number of anilines is 1. The molecule has 6 heteroatoms. The minimum absolute atomic E-state index is 0.0784. The Morgan fingerprint density at radius 2 is 2.37 bits per heavy atom. The van der Waals surface area contributed by atoms with E-state index in [-0.39, 0.29) is 10.6 Å². The molecule has 0 spiro atoms. The van der Waals surface area contributed by atoms with Crippen molar-refractivity contribution in [1.82, 2.24) is 4.98 Å². The normalized spacial score (nSPS) is 10.4. The molecular formula is C13H13ClN2O2S. The molecule has 4 nitrogen and oxygen atoms in total. The molecule has 0 atom stereocenters. The summed E-state index contributed by atoms with van der Waals surface area (Å²) < 4.78 is 0. The number of carboxylic acid groups (broad SMARTS) is 1. The molecule has 0 amide bonds. The average Bonchev–Trinajstić information content (AvgIpc) is 2.89. The molecule has 1 N–H and O–H groups in total. The first-order valence-corrected chi connectivity index (χ1v) is 6.96. The van der Waals surface area contributed by atoms with Crippen molar-refractivity contribution in [3.05, 3.63) is 45.2 Å². The van der Waals surface area contributed by atoms with Crippen LogP contribution in [0.25, 0.3) is 0 Å². The van der Waals surface area contributed by atoms with Crippen molar-refractivity contribution in [2.24, 2.45) is 0 Å². The van der Waals surface area contributed by atoms with E-state index >= 15 is 0 Å².